The first-order valence-corrected chi connectivity index (χ1v) is 10.9. The number of hydrogen-bond donors (Lipinski definition) is 1. The van der Waals surface area contributed by atoms with Gasteiger partial charge in [-0.05, 0) is 37.0 Å². The molecule has 0 bridgehead atoms. The van der Waals surface area contributed by atoms with Crippen LogP contribution in [-0.4, -0.2) is 62.0 Å². The van der Waals surface area contributed by atoms with Crippen molar-refractivity contribution in [2.75, 3.05) is 25.4 Å². The Morgan fingerprint density at radius 1 is 1.23 bits per heavy atom. The first-order chi connectivity index (χ1) is 14.5. The quantitative estimate of drug-likeness (QED) is 0.453. The summed E-state index contributed by atoms with van der Waals surface area (Å²) in [6.07, 6.45) is 8.57. The molecule has 0 atom stereocenters. The van der Waals surface area contributed by atoms with Gasteiger partial charge in [-0.15, -0.1) is 0 Å². The normalized spacial score (nSPS) is 15.8. The minimum Gasteiger partial charge on any atom is -0.337 e. The van der Waals surface area contributed by atoms with Gasteiger partial charge in [0.25, 0.3) is 11.5 Å². The Hall–Kier alpha value is -2.94. The first-order valence-electron chi connectivity index (χ1n) is 9.91. The summed E-state index contributed by atoms with van der Waals surface area (Å²) in [5.41, 5.74) is 2.30. The zero-order valence-electron chi connectivity index (χ0n) is 16.8. The summed E-state index contributed by atoms with van der Waals surface area (Å²) in [6.45, 7) is 3.87. The zero-order chi connectivity index (χ0) is 21.1. The third-order valence-corrected chi connectivity index (χ3v) is 6.14. The molecule has 1 N–H and O–H groups in total. The number of amides is 2. The van der Waals surface area contributed by atoms with E-state index in [0.29, 0.717) is 37.8 Å². The van der Waals surface area contributed by atoms with E-state index in [2.05, 4.69) is 15.0 Å². The van der Waals surface area contributed by atoms with E-state index in [1.807, 2.05) is 25.1 Å². The number of aromatic amines is 1. The number of nitrogens with zero attached hydrogens (tertiary/aromatic N) is 4. The molecule has 0 radical (unpaired) electrons. The van der Waals surface area contributed by atoms with Crippen molar-refractivity contribution in [2.45, 2.75) is 31.5 Å². The minimum atomic E-state index is -0.361. The second-order valence-corrected chi connectivity index (χ2v) is 8.28. The van der Waals surface area contributed by atoms with E-state index in [1.165, 1.54) is 11.8 Å². The number of aryl methyl sites for hydroxylation is 1. The molecule has 2 aromatic heterocycles. The van der Waals surface area contributed by atoms with E-state index < -0.39 is 0 Å². The first kappa shape index (κ1) is 20.3. The van der Waals surface area contributed by atoms with Crippen LogP contribution in [0.3, 0.4) is 0 Å². The Bertz CT molecular complexity index is 1060. The van der Waals surface area contributed by atoms with Crippen LogP contribution >= 0.6 is 11.8 Å². The third-order valence-electron chi connectivity index (χ3n) is 5.30. The van der Waals surface area contributed by atoms with Crippen LogP contribution in [0, 0.1) is 6.92 Å². The van der Waals surface area contributed by atoms with E-state index >= 15 is 0 Å². The number of pyridine rings is 1. The molecule has 0 saturated carbocycles. The molecule has 0 saturated heterocycles. The summed E-state index contributed by atoms with van der Waals surface area (Å²) < 4.78 is 0. The van der Waals surface area contributed by atoms with Crippen molar-refractivity contribution in [3.8, 4) is 0 Å². The van der Waals surface area contributed by atoms with Gasteiger partial charge in [0.15, 0.2) is 5.16 Å². The van der Waals surface area contributed by atoms with Gasteiger partial charge in [0.1, 0.15) is 5.56 Å². The van der Waals surface area contributed by atoms with E-state index in [9.17, 15) is 14.4 Å². The van der Waals surface area contributed by atoms with E-state index in [-0.39, 0.29) is 28.7 Å². The van der Waals surface area contributed by atoms with E-state index in [4.69, 9.17) is 0 Å². The maximum atomic E-state index is 13.0. The van der Waals surface area contributed by atoms with Crippen LogP contribution in [0.1, 0.15) is 33.6 Å². The van der Waals surface area contributed by atoms with Crippen LogP contribution in [0.25, 0.3) is 0 Å². The maximum Gasteiger partial charge on any atom is 0.261 e. The lowest BCUT2D eigenvalue weighted by molar-refractivity contribution is -0.129. The molecule has 9 heteroatoms. The number of H-pyrrole nitrogens is 1. The van der Waals surface area contributed by atoms with Crippen molar-refractivity contribution in [3.05, 3.63) is 63.4 Å². The molecule has 4 rings (SSSR count). The molecule has 0 spiro atoms. The highest BCUT2D eigenvalue weighted by atomic mass is 32.2. The van der Waals surface area contributed by atoms with Gasteiger partial charge < -0.3 is 14.8 Å². The highest BCUT2D eigenvalue weighted by Crippen LogP contribution is 2.23. The summed E-state index contributed by atoms with van der Waals surface area (Å²) in [6, 6.07) is 1.81. The van der Waals surface area contributed by atoms with Crippen molar-refractivity contribution in [1.82, 2.24) is 24.8 Å². The van der Waals surface area contributed by atoms with Gasteiger partial charge in [0.2, 0.25) is 5.91 Å². The number of aromatic nitrogens is 3. The number of hydrogen-bond acceptors (Lipinski definition) is 6. The van der Waals surface area contributed by atoms with Gasteiger partial charge >= 0.3 is 0 Å². The summed E-state index contributed by atoms with van der Waals surface area (Å²) >= 11 is 1.31. The molecule has 2 aliphatic rings. The van der Waals surface area contributed by atoms with Crippen LogP contribution in [0.2, 0.25) is 0 Å². The van der Waals surface area contributed by atoms with Crippen LogP contribution in [0.15, 0.2) is 40.6 Å². The van der Waals surface area contributed by atoms with E-state index in [1.54, 1.807) is 22.2 Å². The van der Waals surface area contributed by atoms with Crippen molar-refractivity contribution in [2.24, 2.45) is 0 Å². The summed E-state index contributed by atoms with van der Waals surface area (Å²) in [5.74, 6) is -0.00556. The van der Waals surface area contributed by atoms with Gasteiger partial charge in [-0.25, -0.2) is 9.97 Å². The molecule has 30 heavy (non-hydrogen) atoms. The standard InChI is InChI=1S/C21H23N5O3S/c1-14-5-7-22-21(24-14)30-13-17(27)26-10-6-16-15(12-26)11-23-19(28)18(16)20(29)25-8-3-2-4-9-25/h2-3,5,7,11H,4,6,8-10,12-13H2,1H3,(H,23,28). The molecule has 2 amide bonds. The van der Waals surface area contributed by atoms with Gasteiger partial charge in [-0.1, -0.05) is 23.9 Å². The fraction of sp³-hybridized carbons (Fsp3) is 0.381. The molecule has 0 aromatic carbocycles. The molecule has 2 aromatic rings. The van der Waals surface area contributed by atoms with Crippen LogP contribution in [0.4, 0.5) is 0 Å². The number of fused-ring (bicyclic) bond motifs is 1. The Morgan fingerprint density at radius 2 is 2.10 bits per heavy atom. The molecule has 0 fully saturated rings. The van der Waals surface area contributed by atoms with Gasteiger partial charge in [-0.2, -0.15) is 0 Å². The lowest BCUT2D eigenvalue weighted by atomic mass is 9.96. The second-order valence-electron chi connectivity index (χ2n) is 7.34. The predicted octanol–water partition coefficient (Wildman–Crippen LogP) is 1.55. The summed E-state index contributed by atoms with van der Waals surface area (Å²) in [4.78, 5) is 52.7. The molecule has 156 valence electrons. The predicted molar refractivity (Wildman–Crippen MR) is 113 cm³/mol. The number of carbonyl (C=O) groups is 2. The van der Waals surface area contributed by atoms with Gasteiger partial charge in [0, 0.05) is 44.3 Å². The fourth-order valence-corrected chi connectivity index (χ4v) is 4.48. The molecule has 8 nitrogen and oxygen atoms in total. The Morgan fingerprint density at radius 3 is 2.87 bits per heavy atom. The SMILES string of the molecule is Cc1ccnc(SCC(=O)N2CCc3c(c[nH]c(=O)c3C(=O)N3CC=CCC3)C2)n1. The summed E-state index contributed by atoms with van der Waals surface area (Å²) in [7, 11) is 0. The highest BCUT2D eigenvalue weighted by molar-refractivity contribution is 7.99. The summed E-state index contributed by atoms with van der Waals surface area (Å²) in [5, 5.41) is 0.577. The smallest absolute Gasteiger partial charge is 0.261 e. The monoisotopic (exact) mass is 425 g/mol. The van der Waals surface area contributed by atoms with Crippen LogP contribution in [0.5, 0.6) is 0 Å². The van der Waals surface area contributed by atoms with Gasteiger partial charge in [-0.3, -0.25) is 14.4 Å². The maximum absolute atomic E-state index is 13.0. The average Bonchev–Trinajstić information content (AvgIpc) is 2.77. The van der Waals surface area contributed by atoms with Crippen molar-refractivity contribution >= 4 is 23.6 Å². The highest BCUT2D eigenvalue weighted by Gasteiger charge is 2.29. The molecular formula is C21H23N5O3S. The topological polar surface area (TPSA) is 99.3 Å². The van der Waals surface area contributed by atoms with Crippen molar-refractivity contribution in [1.29, 1.82) is 0 Å². The lowest BCUT2D eigenvalue weighted by Gasteiger charge is -2.31. The number of thioether (sulfide) groups is 1. The second kappa shape index (κ2) is 8.83. The molecule has 0 aliphatic carbocycles. The van der Waals surface area contributed by atoms with E-state index in [0.717, 1.165) is 23.2 Å². The largest absolute Gasteiger partial charge is 0.337 e. The van der Waals surface area contributed by atoms with Gasteiger partial charge in [0.05, 0.1) is 5.75 Å². The zero-order valence-corrected chi connectivity index (χ0v) is 17.6. The Labute approximate surface area is 178 Å². The third kappa shape index (κ3) is 4.30. The Balaban J connectivity index is 1.47. The van der Waals surface area contributed by atoms with Crippen LogP contribution < -0.4 is 5.56 Å². The number of carbonyl (C=O) groups excluding carboxylic acids is 2. The molecule has 0 unspecified atom stereocenters. The number of nitrogens with one attached hydrogen (secondary N) is 1. The average molecular weight is 426 g/mol. The van der Waals surface area contributed by atoms with Crippen LogP contribution in [-0.2, 0) is 17.8 Å². The Kier molecular flexibility index (Phi) is 5.98. The molecular weight excluding hydrogens is 402 g/mol. The van der Waals surface area contributed by atoms with Crippen molar-refractivity contribution < 1.29 is 9.59 Å². The fourth-order valence-electron chi connectivity index (χ4n) is 3.70. The number of rotatable bonds is 4. The van der Waals surface area contributed by atoms with Crippen molar-refractivity contribution in [3.63, 3.8) is 0 Å². The molecule has 2 aliphatic heterocycles. The minimum absolute atomic E-state index is 0.0176. The molecule has 4 heterocycles. The lowest BCUT2D eigenvalue weighted by Crippen LogP contribution is -2.42.